The largest absolute Gasteiger partial charge is 0.460 e. The van der Waals surface area contributed by atoms with Crippen molar-refractivity contribution in [3.63, 3.8) is 0 Å². The normalized spacial score (nSPS) is 10.0. The van der Waals surface area contributed by atoms with Crippen molar-refractivity contribution in [3.8, 4) is 0 Å². The lowest BCUT2D eigenvalue weighted by Crippen LogP contribution is -2.31. The van der Waals surface area contributed by atoms with E-state index in [9.17, 15) is 19.7 Å². The third kappa shape index (κ3) is 4.39. The minimum atomic E-state index is -0.588. The van der Waals surface area contributed by atoms with Gasteiger partial charge in [0.2, 0.25) is 0 Å². The molecule has 7 heteroatoms. The summed E-state index contributed by atoms with van der Waals surface area (Å²) in [5.74, 6) is -1.15. The molecule has 2 aromatic rings. The smallest absolute Gasteiger partial charge is 0.325 e. The Hall–Kier alpha value is -3.22. The second-order valence-electron chi connectivity index (χ2n) is 5.04. The zero-order valence-electron chi connectivity index (χ0n) is 13.0. The Morgan fingerprint density at radius 1 is 1.12 bits per heavy atom. The molecule has 0 spiro atoms. The van der Waals surface area contributed by atoms with Gasteiger partial charge in [-0.3, -0.25) is 19.7 Å². The SMILES string of the molecule is Cc1c(C(=O)NCC(=O)OCc2ccccc2)cccc1[N+](=O)[O-]. The first-order valence-corrected chi connectivity index (χ1v) is 7.21. The predicted molar refractivity (Wildman–Crippen MR) is 86.4 cm³/mol. The summed E-state index contributed by atoms with van der Waals surface area (Å²) >= 11 is 0. The second kappa shape index (κ2) is 7.87. The molecule has 0 radical (unpaired) electrons. The van der Waals surface area contributed by atoms with Crippen LogP contribution in [0.5, 0.6) is 0 Å². The average molecular weight is 328 g/mol. The maximum Gasteiger partial charge on any atom is 0.325 e. The summed E-state index contributed by atoms with van der Waals surface area (Å²) in [6.07, 6.45) is 0. The highest BCUT2D eigenvalue weighted by atomic mass is 16.6. The Kier molecular flexibility index (Phi) is 5.62. The number of nitro groups is 1. The lowest BCUT2D eigenvalue weighted by molar-refractivity contribution is -0.385. The van der Waals surface area contributed by atoms with Gasteiger partial charge >= 0.3 is 5.97 Å². The van der Waals surface area contributed by atoms with Crippen molar-refractivity contribution in [1.82, 2.24) is 5.32 Å². The quantitative estimate of drug-likeness (QED) is 0.499. The van der Waals surface area contributed by atoms with Crippen molar-refractivity contribution in [3.05, 3.63) is 75.3 Å². The predicted octanol–water partition coefficient (Wildman–Crippen LogP) is 2.38. The Labute approximate surface area is 138 Å². The van der Waals surface area contributed by atoms with Gasteiger partial charge in [0.15, 0.2) is 0 Å². The summed E-state index contributed by atoms with van der Waals surface area (Å²) in [5.41, 5.74) is 1.10. The molecule has 124 valence electrons. The number of nitrogens with one attached hydrogen (secondary N) is 1. The van der Waals surface area contributed by atoms with Crippen LogP contribution in [-0.4, -0.2) is 23.3 Å². The van der Waals surface area contributed by atoms with Crippen LogP contribution in [0.1, 0.15) is 21.5 Å². The molecule has 1 N–H and O–H groups in total. The average Bonchev–Trinajstić information content (AvgIpc) is 2.58. The highest BCUT2D eigenvalue weighted by Crippen LogP contribution is 2.20. The summed E-state index contributed by atoms with van der Waals surface area (Å²) in [6, 6.07) is 13.4. The maximum absolute atomic E-state index is 12.1. The van der Waals surface area contributed by atoms with Crippen molar-refractivity contribution in [1.29, 1.82) is 0 Å². The minimum absolute atomic E-state index is 0.116. The second-order valence-corrected chi connectivity index (χ2v) is 5.04. The number of rotatable bonds is 6. The molecule has 1 amide bonds. The van der Waals surface area contributed by atoms with Crippen molar-refractivity contribution < 1.29 is 19.2 Å². The molecule has 0 aliphatic carbocycles. The molecule has 24 heavy (non-hydrogen) atoms. The number of hydrogen-bond donors (Lipinski definition) is 1. The molecule has 0 heterocycles. The van der Waals surface area contributed by atoms with E-state index >= 15 is 0 Å². The number of nitro benzene ring substituents is 1. The van der Waals surface area contributed by atoms with Crippen LogP contribution < -0.4 is 5.32 Å². The highest BCUT2D eigenvalue weighted by molar-refractivity contribution is 5.98. The summed E-state index contributed by atoms with van der Waals surface area (Å²) in [5, 5.41) is 13.3. The molecule has 0 bridgehead atoms. The topological polar surface area (TPSA) is 98.5 Å². The van der Waals surface area contributed by atoms with Gasteiger partial charge in [0, 0.05) is 17.2 Å². The molecule has 0 aromatic heterocycles. The number of ether oxygens (including phenoxy) is 1. The monoisotopic (exact) mass is 328 g/mol. The number of benzene rings is 2. The van der Waals surface area contributed by atoms with Crippen LogP contribution in [0.15, 0.2) is 48.5 Å². The van der Waals surface area contributed by atoms with E-state index in [2.05, 4.69) is 5.32 Å². The van der Waals surface area contributed by atoms with E-state index < -0.39 is 16.8 Å². The highest BCUT2D eigenvalue weighted by Gasteiger charge is 2.18. The van der Waals surface area contributed by atoms with Crippen LogP contribution in [0.4, 0.5) is 5.69 Å². The fourth-order valence-electron chi connectivity index (χ4n) is 2.10. The van der Waals surface area contributed by atoms with Gasteiger partial charge < -0.3 is 10.1 Å². The summed E-state index contributed by atoms with van der Waals surface area (Å²) in [4.78, 5) is 34.1. The molecule has 2 aromatic carbocycles. The molecule has 0 saturated heterocycles. The lowest BCUT2D eigenvalue weighted by Gasteiger charge is -2.08. The number of carbonyl (C=O) groups excluding carboxylic acids is 2. The molecular formula is C17H16N2O5. The third-order valence-corrected chi connectivity index (χ3v) is 3.38. The molecule has 2 rings (SSSR count). The Morgan fingerprint density at radius 2 is 1.83 bits per heavy atom. The number of hydrogen-bond acceptors (Lipinski definition) is 5. The number of carbonyl (C=O) groups is 2. The first kappa shape index (κ1) is 17.1. The van der Waals surface area contributed by atoms with Crippen LogP contribution in [0, 0.1) is 17.0 Å². The van der Waals surface area contributed by atoms with Crippen molar-refractivity contribution in [2.45, 2.75) is 13.5 Å². The van der Waals surface area contributed by atoms with Gasteiger partial charge in [-0.05, 0) is 18.6 Å². The Bertz CT molecular complexity index is 759. The van der Waals surface area contributed by atoms with Gasteiger partial charge in [-0.1, -0.05) is 36.4 Å². The first-order chi connectivity index (χ1) is 11.5. The number of amides is 1. The van der Waals surface area contributed by atoms with E-state index in [1.54, 1.807) is 0 Å². The molecule has 0 fully saturated rings. The molecule has 0 saturated carbocycles. The van der Waals surface area contributed by atoms with E-state index in [1.165, 1.54) is 25.1 Å². The molecule has 0 aliphatic rings. The molecule has 0 atom stereocenters. The van der Waals surface area contributed by atoms with Crippen LogP contribution in [0.2, 0.25) is 0 Å². The van der Waals surface area contributed by atoms with Crippen LogP contribution in [0.25, 0.3) is 0 Å². The van der Waals surface area contributed by atoms with Crippen molar-refractivity contribution in [2.75, 3.05) is 6.54 Å². The number of nitrogens with zero attached hydrogens (tertiary/aromatic N) is 1. The van der Waals surface area contributed by atoms with Gasteiger partial charge in [-0.2, -0.15) is 0 Å². The third-order valence-electron chi connectivity index (χ3n) is 3.38. The molecule has 0 aliphatic heterocycles. The molecular weight excluding hydrogens is 312 g/mol. The van der Waals surface area contributed by atoms with E-state index in [-0.39, 0.29) is 30.0 Å². The zero-order valence-corrected chi connectivity index (χ0v) is 13.0. The summed E-state index contributed by atoms with van der Waals surface area (Å²) in [6.45, 7) is 1.29. The van der Waals surface area contributed by atoms with Gasteiger partial charge in [-0.25, -0.2) is 0 Å². The van der Waals surface area contributed by atoms with E-state index in [1.807, 2.05) is 30.3 Å². The van der Waals surface area contributed by atoms with Crippen LogP contribution in [0.3, 0.4) is 0 Å². The fourth-order valence-corrected chi connectivity index (χ4v) is 2.10. The molecule has 7 nitrogen and oxygen atoms in total. The van der Waals surface area contributed by atoms with E-state index in [0.717, 1.165) is 5.56 Å². The van der Waals surface area contributed by atoms with Crippen LogP contribution in [-0.2, 0) is 16.1 Å². The van der Waals surface area contributed by atoms with Crippen molar-refractivity contribution >= 4 is 17.6 Å². The first-order valence-electron chi connectivity index (χ1n) is 7.21. The van der Waals surface area contributed by atoms with Gasteiger partial charge in [-0.15, -0.1) is 0 Å². The van der Waals surface area contributed by atoms with Crippen molar-refractivity contribution in [2.24, 2.45) is 0 Å². The maximum atomic E-state index is 12.1. The fraction of sp³-hybridized carbons (Fsp3) is 0.176. The lowest BCUT2D eigenvalue weighted by atomic mass is 10.1. The Morgan fingerprint density at radius 3 is 2.50 bits per heavy atom. The Balaban J connectivity index is 1.90. The van der Waals surface area contributed by atoms with Gasteiger partial charge in [0.25, 0.3) is 11.6 Å². The number of esters is 1. The summed E-state index contributed by atoms with van der Waals surface area (Å²) < 4.78 is 5.04. The summed E-state index contributed by atoms with van der Waals surface area (Å²) in [7, 11) is 0. The van der Waals surface area contributed by atoms with E-state index in [0.29, 0.717) is 0 Å². The van der Waals surface area contributed by atoms with Gasteiger partial charge in [0.1, 0.15) is 13.2 Å². The molecule has 0 unspecified atom stereocenters. The van der Waals surface area contributed by atoms with Crippen LogP contribution >= 0.6 is 0 Å². The minimum Gasteiger partial charge on any atom is -0.460 e. The van der Waals surface area contributed by atoms with E-state index in [4.69, 9.17) is 4.74 Å². The van der Waals surface area contributed by atoms with Gasteiger partial charge in [0.05, 0.1) is 4.92 Å². The standard InChI is InChI=1S/C17H16N2O5/c1-12-14(8-5-9-15(12)19(22)23)17(21)18-10-16(20)24-11-13-6-3-2-4-7-13/h2-9H,10-11H2,1H3,(H,18,21). The zero-order chi connectivity index (χ0) is 17.5.